The molecule has 0 spiro atoms. The molecule has 0 radical (unpaired) electrons. The van der Waals surface area contributed by atoms with E-state index in [0.717, 1.165) is 4.88 Å². The summed E-state index contributed by atoms with van der Waals surface area (Å²) < 4.78 is 0. The summed E-state index contributed by atoms with van der Waals surface area (Å²) >= 11 is 7.69. The van der Waals surface area contributed by atoms with E-state index in [1.807, 2.05) is 38.3 Å². The molecule has 0 bridgehead atoms. The Hall–Kier alpha value is -1.60. The number of carbonyl (C=O) groups excluding carboxylic acids is 2. The van der Waals surface area contributed by atoms with E-state index in [1.54, 1.807) is 29.5 Å². The third-order valence-electron chi connectivity index (χ3n) is 3.70. The summed E-state index contributed by atoms with van der Waals surface area (Å²) in [5, 5.41) is 7.83. The van der Waals surface area contributed by atoms with Gasteiger partial charge in [0.15, 0.2) is 0 Å². The lowest BCUT2D eigenvalue weighted by molar-refractivity contribution is -0.119. The lowest BCUT2D eigenvalue weighted by Crippen LogP contribution is -2.45. The van der Waals surface area contributed by atoms with Gasteiger partial charge in [-0.15, -0.1) is 23.7 Å². The summed E-state index contributed by atoms with van der Waals surface area (Å²) in [5.41, 5.74) is 6.38. The molecule has 26 heavy (non-hydrogen) atoms. The maximum absolute atomic E-state index is 12.4. The Morgan fingerprint density at radius 3 is 2.54 bits per heavy atom. The van der Waals surface area contributed by atoms with Crippen LogP contribution in [0.5, 0.6) is 0 Å². The summed E-state index contributed by atoms with van der Waals surface area (Å²) in [6.45, 7) is 6.10. The highest BCUT2D eigenvalue weighted by Crippen LogP contribution is 2.23. The van der Waals surface area contributed by atoms with Crippen molar-refractivity contribution < 1.29 is 9.59 Å². The van der Waals surface area contributed by atoms with Crippen molar-refractivity contribution in [2.24, 2.45) is 11.1 Å². The molecule has 5 nitrogen and oxygen atoms in total. The number of hydrogen-bond acceptors (Lipinski definition) is 4. The average molecular weight is 416 g/mol. The van der Waals surface area contributed by atoms with E-state index in [4.69, 9.17) is 17.3 Å². The van der Waals surface area contributed by atoms with Gasteiger partial charge >= 0.3 is 0 Å². The van der Waals surface area contributed by atoms with Crippen molar-refractivity contribution in [3.8, 4) is 0 Å². The zero-order chi connectivity index (χ0) is 18.6. The molecular weight excluding hydrogens is 393 g/mol. The van der Waals surface area contributed by atoms with Gasteiger partial charge in [-0.1, -0.05) is 38.4 Å². The number of nitrogens with one attached hydrogen (secondary N) is 2. The van der Waals surface area contributed by atoms with Gasteiger partial charge in [-0.2, -0.15) is 0 Å². The van der Waals surface area contributed by atoms with Gasteiger partial charge in [-0.25, -0.2) is 0 Å². The van der Waals surface area contributed by atoms with Crippen LogP contribution < -0.4 is 16.4 Å². The van der Waals surface area contributed by atoms with Gasteiger partial charge in [-0.3, -0.25) is 9.59 Å². The molecule has 0 aliphatic carbocycles. The molecule has 1 atom stereocenters. The summed E-state index contributed by atoms with van der Waals surface area (Å²) in [5.74, 6) is -0.602. The van der Waals surface area contributed by atoms with Crippen LogP contribution in [0.3, 0.4) is 0 Å². The first-order valence-corrected chi connectivity index (χ1v) is 9.11. The monoisotopic (exact) mass is 415 g/mol. The summed E-state index contributed by atoms with van der Waals surface area (Å²) in [6.07, 6.45) is 0. The zero-order valence-electron chi connectivity index (χ0n) is 14.8. The van der Waals surface area contributed by atoms with Crippen molar-refractivity contribution in [3.63, 3.8) is 0 Å². The molecule has 142 valence electrons. The van der Waals surface area contributed by atoms with Crippen LogP contribution in [-0.4, -0.2) is 17.9 Å². The summed E-state index contributed by atoms with van der Waals surface area (Å²) in [7, 11) is 0. The van der Waals surface area contributed by atoms with Crippen molar-refractivity contribution in [1.82, 2.24) is 5.32 Å². The average Bonchev–Trinajstić information content (AvgIpc) is 3.06. The Labute approximate surface area is 168 Å². The molecule has 4 N–H and O–H groups in total. The second-order valence-electron chi connectivity index (χ2n) is 6.79. The van der Waals surface area contributed by atoms with Crippen molar-refractivity contribution in [3.05, 3.63) is 51.2 Å². The van der Waals surface area contributed by atoms with Gasteiger partial charge < -0.3 is 16.4 Å². The summed E-state index contributed by atoms with van der Waals surface area (Å²) in [6, 6.07) is 7.98. The van der Waals surface area contributed by atoms with Gasteiger partial charge in [0.25, 0.3) is 5.91 Å². The van der Waals surface area contributed by atoms with Crippen LogP contribution in [0.4, 0.5) is 5.69 Å². The third kappa shape index (κ3) is 5.99. The fourth-order valence-corrected chi connectivity index (χ4v) is 2.91. The van der Waals surface area contributed by atoms with Gasteiger partial charge in [-0.05, 0) is 35.1 Å². The van der Waals surface area contributed by atoms with Crippen molar-refractivity contribution in [2.75, 3.05) is 5.32 Å². The van der Waals surface area contributed by atoms with Crippen LogP contribution in [0.25, 0.3) is 0 Å². The Bertz CT molecular complexity index is 758. The number of carbonyl (C=O) groups is 2. The minimum Gasteiger partial charge on any atom is -0.347 e. The quantitative estimate of drug-likeness (QED) is 0.687. The zero-order valence-corrected chi connectivity index (χ0v) is 17.2. The van der Waals surface area contributed by atoms with E-state index in [9.17, 15) is 9.59 Å². The molecule has 2 amide bonds. The van der Waals surface area contributed by atoms with Crippen LogP contribution in [0.15, 0.2) is 35.7 Å². The van der Waals surface area contributed by atoms with Crippen LogP contribution in [-0.2, 0) is 11.3 Å². The standard InChI is InChI=1S/C18H22ClN3O2S.ClH/c1-18(2,3)15(20)17(24)22-11-6-7-14(19)13(9-11)16(23)21-10-12-5-4-8-25-12;/h4-9,15H,10,20H2,1-3H3,(H,21,23)(H,22,24);1H/t15-;/m1./s1. The minimum absolute atomic E-state index is 0. The molecule has 0 saturated carbocycles. The second kappa shape index (κ2) is 9.37. The number of nitrogens with two attached hydrogens (primary N) is 1. The molecule has 0 saturated heterocycles. The first kappa shape index (κ1) is 22.4. The van der Waals surface area contributed by atoms with Gasteiger partial charge in [0.05, 0.1) is 23.2 Å². The fourth-order valence-electron chi connectivity index (χ4n) is 2.07. The normalized spacial score (nSPS) is 12.0. The van der Waals surface area contributed by atoms with Gasteiger partial charge in [0.1, 0.15) is 0 Å². The van der Waals surface area contributed by atoms with Gasteiger partial charge in [0, 0.05) is 10.6 Å². The maximum atomic E-state index is 12.4. The molecule has 0 fully saturated rings. The molecule has 0 unspecified atom stereocenters. The SMILES string of the molecule is CC(C)(C)[C@H](N)C(=O)Nc1ccc(Cl)c(C(=O)NCc2cccs2)c1.Cl. The highest BCUT2D eigenvalue weighted by molar-refractivity contribution is 7.09. The second-order valence-corrected chi connectivity index (χ2v) is 8.23. The summed E-state index contributed by atoms with van der Waals surface area (Å²) in [4.78, 5) is 25.6. The topological polar surface area (TPSA) is 84.2 Å². The van der Waals surface area contributed by atoms with E-state index in [-0.39, 0.29) is 29.6 Å². The smallest absolute Gasteiger partial charge is 0.253 e. The lowest BCUT2D eigenvalue weighted by Gasteiger charge is -2.25. The minimum atomic E-state index is -0.667. The van der Waals surface area contributed by atoms with E-state index < -0.39 is 6.04 Å². The maximum Gasteiger partial charge on any atom is 0.253 e. The molecular formula is C18H23Cl2N3O2S. The van der Waals surface area contributed by atoms with Crippen molar-refractivity contribution in [2.45, 2.75) is 33.4 Å². The number of benzene rings is 1. The Balaban J connectivity index is 0.00000338. The van der Waals surface area contributed by atoms with Crippen LogP contribution in [0.1, 0.15) is 36.0 Å². The fraction of sp³-hybridized carbons (Fsp3) is 0.333. The molecule has 0 aliphatic heterocycles. The predicted octanol–water partition coefficient (Wildman–Crippen LogP) is 4.07. The van der Waals surface area contributed by atoms with Crippen LogP contribution >= 0.6 is 35.3 Å². The number of rotatable bonds is 5. The number of thiophene rings is 1. The molecule has 8 heteroatoms. The molecule has 1 heterocycles. The van der Waals surface area contributed by atoms with Crippen molar-refractivity contribution >= 4 is 52.8 Å². The molecule has 2 aromatic rings. The highest BCUT2D eigenvalue weighted by Gasteiger charge is 2.27. The lowest BCUT2D eigenvalue weighted by atomic mass is 9.87. The third-order valence-corrected chi connectivity index (χ3v) is 4.90. The first-order chi connectivity index (χ1) is 11.7. The number of halogens is 2. The van der Waals surface area contributed by atoms with Crippen LogP contribution in [0.2, 0.25) is 5.02 Å². The number of amides is 2. The van der Waals surface area contributed by atoms with Gasteiger partial charge in [0.2, 0.25) is 5.91 Å². The van der Waals surface area contributed by atoms with E-state index in [1.165, 1.54) is 0 Å². The van der Waals surface area contributed by atoms with Crippen LogP contribution in [0, 0.1) is 5.41 Å². The van der Waals surface area contributed by atoms with E-state index >= 15 is 0 Å². The van der Waals surface area contributed by atoms with Crippen molar-refractivity contribution in [1.29, 1.82) is 0 Å². The Kier molecular flexibility index (Phi) is 8.09. The number of anilines is 1. The predicted molar refractivity (Wildman–Crippen MR) is 110 cm³/mol. The molecule has 0 aliphatic rings. The largest absolute Gasteiger partial charge is 0.347 e. The molecule has 1 aromatic heterocycles. The molecule has 1 aromatic carbocycles. The van der Waals surface area contributed by atoms with E-state index in [0.29, 0.717) is 22.8 Å². The first-order valence-electron chi connectivity index (χ1n) is 7.85. The highest BCUT2D eigenvalue weighted by atomic mass is 35.5. The molecule has 2 rings (SSSR count). The Morgan fingerprint density at radius 1 is 1.27 bits per heavy atom. The van der Waals surface area contributed by atoms with E-state index in [2.05, 4.69) is 10.6 Å². The number of hydrogen-bond donors (Lipinski definition) is 3. The Morgan fingerprint density at radius 2 is 1.96 bits per heavy atom.